The zero-order valence-electron chi connectivity index (χ0n) is 13.3. The van der Waals surface area contributed by atoms with E-state index in [2.05, 4.69) is 10.6 Å². The fraction of sp³-hybridized carbons (Fsp3) is 0.467. The highest BCUT2D eigenvalue weighted by Gasteiger charge is 2.24. The first kappa shape index (κ1) is 18.1. The second-order valence-corrected chi connectivity index (χ2v) is 5.51. The fourth-order valence-electron chi connectivity index (χ4n) is 1.92. The second kappa shape index (κ2) is 7.89. The van der Waals surface area contributed by atoms with Crippen LogP contribution in [0.4, 0.5) is 5.69 Å². The lowest BCUT2D eigenvalue weighted by Crippen LogP contribution is -2.46. The van der Waals surface area contributed by atoms with Crippen LogP contribution in [0.3, 0.4) is 0 Å². The van der Waals surface area contributed by atoms with E-state index in [4.69, 9.17) is 21.1 Å². The summed E-state index contributed by atoms with van der Waals surface area (Å²) in [6.07, 6.45) is 0. The van der Waals surface area contributed by atoms with Gasteiger partial charge in [0.15, 0.2) is 0 Å². The van der Waals surface area contributed by atoms with Crippen molar-refractivity contribution in [2.75, 3.05) is 19.5 Å². The molecule has 0 aliphatic rings. The summed E-state index contributed by atoms with van der Waals surface area (Å²) >= 11 is 6.02. The van der Waals surface area contributed by atoms with Crippen molar-refractivity contribution < 1.29 is 19.1 Å². The highest BCUT2D eigenvalue weighted by atomic mass is 35.5. The summed E-state index contributed by atoms with van der Waals surface area (Å²) < 4.78 is 10.3. The number of benzene rings is 1. The van der Waals surface area contributed by atoms with Crippen LogP contribution in [0, 0.1) is 5.92 Å². The van der Waals surface area contributed by atoms with Gasteiger partial charge in [-0.25, -0.2) is 0 Å². The Bertz CT molecular complexity index is 561. The smallest absolute Gasteiger partial charge is 0.247 e. The van der Waals surface area contributed by atoms with Gasteiger partial charge < -0.3 is 20.1 Å². The molecule has 1 unspecified atom stereocenters. The molecule has 0 spiro atoms. The van der Waals surface area contributed by atoms with Crippen LogP contribution in [0.2, 0.25) is 5.02 Å². The molecule has 1 atom stereocenters. The van der Waals surface area contributed by atoms with Crippen molar-refractivity contribution in [3.05, 3.63) is 17.2 Å². The van der Waals surface area contributed by atoms with Gasteiger partial charge in [-0.1, -0.05) is 25.4 Å². The highest BCUT2D eigenvalue weighted by Crippen LogP contribution is 2.36. The van der Waals surface area contributed by atoms with E-state index in [1.807, 2.05) is 13.8 Å². The van der Waals surface area contributed by atoms with Crippen molar-refractivity contribution in [3.63, 3.8) is 0 Å². The van der Waals surface area contributed by atoms with Crippen LogP contribution in [-0.2, 0) is 9.59 Å². The van der Waals surface area contributed by atoms with Gasteiger partial charge in [-0.15, -0.1) is 0 Å². The van der Waals surface area contributed by atoms with Crippen LogP contribution in [-0.4, -0.2) is 32.1 Å². The van der Waals surface area contributed by atoms with Crippen LogP contribution in [0.5, 0.6) is 11.5 Å². The standard InChI is InChI=1S/C15H21ClN2O4/c1-8(2)14(17-9(3)19)15(20)18-11-7-12(21-4)10(16)6-13(11)22-5/h6-8,14H,1-5H3,(H,17,19)(H,18,20). The first-order chi connectivity index (χ1) is 10.3. The summed E-state index contributed by atoms with van der Waals surface area (Å²) in [7, 11) is 2.95. The molecule has 0 aromatic heterocycles. The van der Waals surface area contributed by atoms with E-state index in [-0.39, 0.29) is 17.7 Å². The maximum Gasteiger partial charge on any atom is 0.247 e. The molecule has 7 heteroatoms. The average Bonchev–Trinajstić information content (AvgIpc) is 2.45. The largest absolute Gasteiger partial charge is 0.495 e. The molecule has 6 nitrogen and oxygen atoms in total. The molecule has 0 radical (unpaired) electrons. The van der Waals surface area contributed by atoms with Gasteiger partial charge in [0.1, 0.15) is 17.5 Å². The summed E-state index contributed by atoms with van der Waals surface area (Å²) in [5.74, 6) is 0.148. The minimum Gasteiger partial charge on any atom is -0.495 e. The maximum absolute atomic E-state index is 12.4. The summed E-state index contributed by atoms with van der Waals surface area (Å²) in [5.41, 5.74) is 0.421. The molecule has 122 valence electrons. The molecule has 0 saturated carbocycles. The summed E-state index contributed by atoms with van der Waals surface area (Å²) in [5, 5.41) is 5.74. The van der Waals surface area contributed by atoms with Gasteiger partial charge in [0, 0.05) is 19.1 Å². The molecule has 0 fully saturated rings. The Morgan fingerprint density at radius 1 is 1.14 bits per heavy atom. The van der Waals surface area contributed by atoms with Crippen molar-refractivity contribution in [3.8, 4) is 11.5 Å². The average molecular weight is 329 g/mol. The van der Waals surface area contributed by atoms with Gasteiger partial charge in [-0.3, -0.25) is 9.59 Å². The molecule has 0 aliphatic carbocycles. The number of carbonyl (C=O) groups is 2. The maximum atomic E-state index is 12.4. The van der Waals surface area contributed by atoms with Crippen LogP contribution >= 0.6 is 11.6 Å². The highest BCUT2D eigenvalue weighted by molar-refractivity contribution is 6.32. The van der Waals surface area contributed by atoms with E-state index in [1.165, 1.54) is 21.1 Å². The van der Waals surface area contributed by atoms with Gasteiger partial charge in [-0.2, -0.15) is 0 Å². The number of halogens is 1. The Hall–Kier alpha value is -1.95. The van der Waals surface area contributed by atoms with E-state index < -0.39 is 6.04 Å². The number of carbonyl (C=O) groups excluding carboxylic acids is 2. The van der Waals surface area contributed by atoms with E-state index >= 15 is 0 Å². The number of methoxy groups -OCH3 is 2. The molecule has 0 heterocycles. The number of hydrogen-bond acceptors (Lipinski definition) is 4. The summed E-state index contributed by atoms with van der Waals surface area (Å²) in [4.78, 5) is 23.6. The number of amides is 2. The number of hydrogen-bond donors (Lipinski definition) is 2. The second-order valence-electron chi connectivity index (χ2n) is 5.10. The number of nitrogens with one attached hydrogen (secondary N) is 2. The predicted octanol–water partition coefficient (Wildman–Crippen LogP) is 2.46. The summed E-state index contributed by atoms with van der Waals surface area (Å²) in [6, 6.07) is 2.48. The number of rotatable bonds is 6. The Balaban J connectivity index is 3.06. The van der Waals surface area contributed by atoms with Gasteiger partial charge in [0.25, 0.3) is 0 Å². The van der Waals surface area contributed by atoms with Gasteiger partial charge >= 0.3 is 0 Å². The Morgan fingerprint density at radius 2 is 1.73 bits per heavy atom. The molecule has 1 aromatic carbocycles. The SMILES string of the molecule is COc1cc(NC(=O)C(NC(C)=O)C(C)C)c(OC)cc1Cl. The molecular weight excluding hydrogens is 308 g/mol. The topological polar surface area (TPSA) is 76.7 Å². The third kappa shape index (κ3) is 4.53. The Morgan fingerprint density at radius 3 is 2.18 bits per heavy atom. The summed E-state index contributed by atoms with van der Waals surface area (Å²) in [6.45, 7) is 5.06. The zero-order valence-corrected chi connectivity index (χ0v) is 14.1. The lowest BCUT2D eigenvalue weighted by atomic mass is 10.0. The lowest BCUT2D eigenvalue weighted by molar-refractivity contribution is -0.126. The predicted molar refractivity (Wildman–Crippen MR) is 85.6 cm³/mol. The zero-order chi connectivity index (χ0) is 16.9. The number of ether oxygens (including phenoxy) is 2. The third-order valence-electron chi connectivity index (χ3n) is 3.04. The molecule has 0 aliphatic heterocycles. The molecule has 2 amide bonds. The van der Waals surface area contributed by atoms with Crippen molar-refractivity contribution in [2.24, 2.45) is 5.92 Å². The van der Waals surface area contributed by atoms with E-state index in [0.29, 0.717) is 22.2 Å². The minimum absolute atomic E-state index is 0.0657. The van der Waals surface area contributed by atoms with Crippen molar-refractivity contribution in [1.29, 1.82) is 0 Å². The lowest BCUT2D eigenvalue weighted by Gasteiger charge is -2.22. The molecule has 1 aromatic rings. The normalized spacial score (nSPS) is 11.8. The quantitative estimate of drug-likeness (QED) is 0.841. The molecular formula is C15H21ClN2O4. The van der Waals surface area contributed by atoms with Crippen LogP contribution in [0.1, 0.15) is 20.8 Å². The molecule has 0 bridgehead atoms. The van der Waals surface area contributed by atoms with Gasteiger partial charge in [0.2, 0.25) is 11.8 Å². The molecule has 2 N–H and O–H groups in total. The van der Waals surface area contributed by atoms with E-state index in [1.54, 1.807) is 12.1 Å². The number of anilines is 1. The molecule has 0 saturated heterocycles. The third-order valence-corrected chi connectivity index (χ3v) is 3.34. The van der Waals surface area contributed by atoms with E-state index in [9.17, 15) is 9.59 Å². The van der Waals surface area contributed by atoms with Crippen molar-refractivity contribution >= 4 is 29.1 Å². The van der Waals surface area contributed by atoms with Crippen LogP contribution in [0.25, 0.3) is 0 Å². The van der Waals surface area contributed by atoms with Crippen LogP contribution < -0.4 is 20.1 Å². The van der Waals surface area contributed by atoms with Crippen molar-refractivity contribution in [2.45, 2.75) is 26.8 Å². The monoisotopic (exact) mass is 328 g/mol. The fourth-order valence-corrected chi connectivity index (χ4v) is 2.15. The van der Waals surface area contributed by atoms with Crippen molar-refractivity contribution in [1.82, 2.24) is 5.32 Å². The Kier molecular flexibility index (Phi) is 6.49. The minimum atomic E-state index is -0.649. The van der Waals surface area contributed by atoms with Crippen LogP contribution in [0.15, 0.2) is 12.1 Å². The molecule has 22 heavy (non-hydrogen) atoms. The first-order valence-corrected chi connectivity index (χ1v) is 7.17. The molecule has 1 rings (SSSR count). The van der Waals surface area contributed by atoms with Gasteiger partial charge in [0.05, 0.1) is 24.9 Å². The first-order valence-electron chi connectivity index (χ1n) is 6.79. The Labute approximate surface area is 135 Å². The van der Waals surface area contributed by atoms with Gasteiger partial charge in [-0.05, 0) is 5.92 Å². The van der Waals surface area contributed by atoms with E-state index in [0.717, 1.165) is 0 Å².